The lowest BCUT2D eigenvalue weighted by atomic mass is 9.92. The van der Waals surface area contributed by atoms with E-state index in [1.165, 1.54) is 179 Å². The molecule has 1 rings (SSSR count). The van der Waals surface area contributed by atoms with Gasteiger partial charge in [0.05, 0.1) is 12.0 Å². The van der Waals surface area contributed by atoms with Crippen molar-refractivity contribution in [3.05, 3.63) is 18.2 Å². The first-order valence-corrected chi connectivity index (χ1v) is 17.8. The molecule has 1 aromatic rings. The van der Waals surface area contributed by atoms with Gasteiger partial charge in [0.2, 0.25) is 0 Å². The minimum Gasteiger partial charge on any atom is -0.247 e. The summed E-state index contributed by atoms with van der Waals surface area (Å²) in [6, 6.07) is 0.621. The lowest BCUT2D eigenvalue weighted by molar-refractivity contribution is -0.727. The molecule has 1 N–H and O–H groups in total. The molecule has 1 heterocycles. The van der Waals surface area contributed by atoms with E-state index in [1.807, 2.05) is 0 Å². The number of rotatable bonds is 29. The SMILES string of the molecule is CCCCCCCCCCCC(CCCCCCCCC)c1[nH]cc[n+]1C(C)CCCCCCCCCC. The highest BCUT2D eigenvalue weighted by Gasteiger charge is 2.25. The Bertz CT molecular complexity index is 592. The zero-order valence-corrected chi connectivity index (χ0v) is 26.8. The van der Waals surface area contributed by atoms with Gasteiger partial charge in [0.1, 0.15) is 12.4 Å². The molecular weight excluding hydrogens is 460 g/mol. The number of aromatic amines is 1. The maximum atomic E-state index is 3.73. The molecular formula is C36H71N2+. The number of unbranched alkanes of at least 4 members (excludes halogenated alkanes) is 21. The lowest BCUT2D eigenvalue weighted by Gasteiger charge is -2.17. The fraction of sp³-hybridized carbons (Fsp3) is 0.917. The highest BCUT2D eigenvalue weighted by atomic mass is 15.1. The molecule has 0 aliphatic rings. The summed E-state index contributed by atoms with van der Waals surface area (Å²) in [6.07, 6.45) is 42.7. The van der Waals surface area contributed by atoms with Crippen molar-refractivity contribution in [2.24, 2.45) is 0 Å². The third-order valence-corrected chi connectivity index (χ3v) is 8.89. The Hall–Kier alpha value is -0.790. The van der Waals surface area contributed by atoms with E-state index in [0.29, 0.717) is 12.0 Å². The first kappa shape index (κ1) is 35.2. The summed E-state index contributed by atoms with van der Waals surface area (Å²) in [5.74, 6) is 2.24. The van der Waals surface area contributed by atoms with E-state index in [1.54, 1.807) is 0 Å². The minimum atomic E-state index is 0.621. The van der Waals surface area contributed by atoms with E-state index in [0.717, 1.165) is 0 Å². The Morgan fingerprint density at radius 2 is 0.842 bits per heavy atom. The zero-order valence-electron chi connectivity index (χ0n) is 26.8. The third-order valence-electron chi connectivity index (χ3n) is 8.89. The molecule has 0 saturated carbocycles. The molecule has 2 nitrogen and oxygen atoms in total. The number of H-pyrrole nitrogens is 1. The third kappa shape index (κ3) is 18.5. The Morgan fingerprint density at radius 3 is 1.24 bits per heavy atom. The fourth-order valence-electron chi connectivity index (χ4n) is 6.25. The smallest absolute Gasteiger partial charge is 0.247 e. The van der Waals surface area contributed by atoms with Gasteiger partial charge in [0.25, 0.3) is 5.82 Å². The second-order valence-corrected chi connectivity index (χ2v) is 12.6. The average Bonchev–Trinajstić information content (AvgIpc) is 3.42. The largest absolute Gasteiger partial charge is 0.257 e. The Morgan fingerprint density at radius 1 is 0.500 bits per heavy atom. The molecule has 1 aromatic heterocycles. The molecule has 2 unspecified atom stereocenters. The summed E-state index contributed by atoms with van der Waals surface area (Å²) in [5, 5.41) is 0. The number of nitrogens with zero attached hydrogens (tertiary/aromatic N) is 1. The lowest BCUT2D eigenvalue weighted by Crippen LogP contribution is -2.41. The van der Waals surface area contributed by atoms with Crippen LogP contribution in [-0.2, 0) is 0 Å². The highest BCUT2D eigenvalue weighted by molar-refractivity contribution is 4.90. The summed E-state index contributed by atoms with van der Waals surface area (Å²) >= 11 is 0. The van der Waals surface area contributed by atoms with Crippen molar-refractivity contribution in [1.82, 2.24) is 4.98 Å². The van der Waals surface area contributed by atoms with Gasteiger partial charge in [-0.3, -0.25) is 0 Å². The van der Waals surface area contributed by atoms with Crippen LogP contribution in [0.2, 0.25) is 0 Å². The molecule has 2 atom stereocenters. The Kier molecular flexibility index (Phi) is 24.5. The van der Waals surface area contributed by atoms with Gasteiger partial charge in [-0.15, -0.1) is 0 Å². The van der Waals surface area contributed by atoms with E-state index in [2.05, 4.69) is 49.6 Å². The van der Waals surface area contributed by atoms with E-state index >= 15 is 0 Å². The Labute approximate surface area is 240 Å². The zero-order chi connectivity index (χ0) is 27.5. The van der Waals surface area contributed by atoms with Crippen LogP contribution in [0.15, 0.2) is 12.4 Å². The first-order valence-electron chi connectivity index (χ1n) is 17.8. The quantitative estimate of drug-likeness (QED) is 0.0783. The molecule has 2 heteroatoms. The summed E-state index contributed by atoms with van der Waals surface area (Å²) in [6.45, 7) is 9.40. The highest BCUT2D eigenvalue weighted by Crippen LogP contribution is 2.27. The van der Waals surface area contributed by atoms with Crippen LogP contribution in [0.3, 0.4) is 0 Å². The molecule has 38 heavy (non-hydrogen) atoms. The second kappa shape index (κ2) is 26.4. The second-order valence-electron chi connectivity index (χ2n) is 12.6. The molecule has 224 valence electrons. The van der Waals surface area contributed by atoms with Crippen LogP contribution in [0.25, 0.3) is 0 Å². The van der Waals surface area contributed by atoms with Crippen molar-refractivity contribution in [2.45, 2.75) is 213 Å². The average molecular weight is 532 g/mol. The van der Waals surface area contributed by atoms with Crippen molar-refractivity contribution >= 4 is 0 Å². The van der Waals surface area contributed by atoms with Gasteiger partial charge < -0.3 is 0 Å². The molecule has 0 aromatic carbocycles. The van der Waals surface area contributed by atoms with Crippen molar-refractivity contribution in [3.8, 4) is 0 Å². The number of hydrogen-bond donors (Lipinski definition) is 1. The van der Waals surface area contributed by atoms with Crippen LogP contribution in [0, 0.1) is 0 Å². The summed E-state index contributed by atoms with van der Waals surface area (Å²) in [5.41, 5.74) is 0. The van der Waals surface area contributed by atoms with Crippen molar-refractivity contribution < 1.29 is 4.57 Å². The predicted molar refractivity (Wildman–Crippen MR) is 170 cm³/mol. The molecule has 0 radical (unpaired) electrons. The summed E-state index contributed by atoms with van der Waals surface area (Å²) in [4.78, 5) is 3.73. The maximum absolute atomic E-state index is 3.73. The fourth-order valence-corrected chi connectivity index (χ4v) is 6.25. The van der Waals surface area contributed by atoms with Gasteiger partial charge in [-0.25, -0.2) is 9.55 Å². The summed E-state index contributed by atoms with van der Waals surface area (Å²) < 4.78 is 2.63. The van der Waals surface area contributed by atoms with Crippen LogP contribution in [0.1, 0.15) is 219 Å². The maximum Gasteiger partial charge on any atom is 0.257 e. The molecule has 0 fully saturated rings. The standard InChI is InChI=1S/C36H70N2/c1-5-8-11-14-17-19-22-25-28-31-35(30-27-24-20-16-13-10-7-3)36-37-32-33-38(36)34(4)29-26-23-21-18-15-12-9-6-2/h32-35H,5-31H2,1-4H3/p+1. The van der Waals surface area contributed by atoms with Gasteiger partial charge in [0, 0.05) is 0 Å². The Balaban J connectivity index is 2.47. The minimum absolute atomic E-state index is 0.621. The molecule has 0 saturated heterocycles. The van der Waals surface area contributed by atoms with Crippen LogP contribution in [0.5, 0.6) is 0 Å². The predicted octanol–water partition coefficient (Wildman–Crippen LogP) is 12.5. The molecule has 0 aliphatic heterocycles. The molecule has 0 aliphatic carbocycles. The monoisotopic (exact) mass is 532 g/mol. The van der Waals surface area contributed by atoms with Gasteiger partial charge in [0.15, 0.2) is 0 Å². The molecule has 0 spiro atoms. The van der Waals surface area contributed by atoms with Gasteiger partial charge in [-0.1, -0.05) is 168 Å². The topological polar surface area (TPSA) is 19.7 Å². The van der Waals surface area contributed by atoms with E-state index in [4.69, 9.17) is 0 Å². The van der Waals surface area contributed by atoms with E-state index in [9.17, 15) is 0 Å². The van der Waals surface area contributed by atoms with Crippen LogP contribution in [0.4, 0.5) is 0 Å². The number of imidazole rings is 1. The van der Waals surface area contributed by atoms with Crippen molar-refractivity contribution in [3.63, 3.8) is 0 Å². The van der Waals surface area contributed by atoms with Crippen LogP contribution in [-0.4, -0.2) is 4.98 Å². The van der Waals surface area contributed by atoms with E-state index in [-0.39, 0.29) is 0 Å². The molecule has 0 bridgehead atoms. The van der Waals surface area contributed by atoms with Gasteiger partial charge >= 0.3 is 0 Å². The first-order chi connectivity index (χ1) is 18.7. The molecule has 0 amide bonds. The van der Waals surface area contributed by atoms with Crippen LogP contribution < -0.4 is 4.57 Å². The van der Waals surface area contributed by atoms with Crippen LogP contribution >= 0.6 is 0 Å². The van der Waals surface area contributed by atoms with Gasteiger partial charge in [-0.05, 0) is 32.6 Å². The number of aromatic nitrogens is 2. The number of hydrogen-bond acceptors (Lipinski definition) is 0. The van der Waals surface area contributed by atoms with Crippen molar-refractivity contribution in [2.75, 3.05) is 0 Å². The van der Waals surface area contributed by atoms with E-state index < -0.39 is 0 Å². The number of nitrogens with one attached hydrogen (secondary N) is 1. The van der Waals surface area contributed by atoms with Crippen molar-refractivity contribution in [1.29, 1.82) is 0 Å². The normalized spacial score (nSPS) is 13.3. The van der Waals surface area contributed by atoms with Gasteiger partial charge in [-0.2, -0.15) is 0 Å². The summed E-state index contributed by atoms with van der Waals surface area (Å²) in [7, 11) is 0.